The van der Waals surface area contributed by atoms with Crippen LogP contribution in [0.1, 0.15) is 27.9 Å². The molecule has 29 heavy (non-hydrogen) atoms. The van der Waals surface area contributed by atoms with Crippen molar-refractivity contribution >= 4 is 12.1 Å². The number of aromatic nitrogens is 1. The molecule has 3 rings (SSSR count). The Morgan fingerprint density at radius 1 is 1.07 bits per heavy atom. The standard InChI is InChI=1S/C23H23N3O3/c1-26-15-5-10-21(23(26)28)22(27)25-24-17-19-11-13-20(14-12-19)29-16-6-9-18-7-3-2-4-8-18/h2-5,7-8,10-15,17H,6,9,16H2,1H3,(H,25,27)/b24-17-. The fourth-order valence-electron chi connectivity index (χ4n) is 2.76. The average molecular weight is 389 g/mol. The van der Waals surface area contributed by atoms with Crippen molar-refractivity contribution in [2.45, 2.75) is 12.8 Å². The van der Waals surface area contributed by atoms with Gasteiger partial charge < -0.3 is 9.30 Å². The Balaban J connectivity index is 1.45. The van der Waals surface area contributed by atoms with Crippen LogP contribution in [0.4, 0.5) is 0 Å². The lowest BCUT2D eigenvalue weighted by molar-refractivity contribution is 0.0953. The van der Waals surface area contributed by atoms with Crippen LogP contribution < -0.4 is 15.7 Å². The number of nitrogens with zero attached hydrogens (tertiary/aromatic N) is 2. The zero-order valence-electron chi connectivity index (χ0n) is 16.2. The number of amides is 1. The molecule has 0 atom stereocenters. The molecule has 1 amide bonds. The van der Waals surface area contributed by atoms with Crippen molar-refractivity contribution in [3.8, 4) is 5.75 Å². The van der Waals surface area contributed by atoms with Gasteiger partial charge in [-0.3, -0.25) is 9.59 Å². The van der Waals surface area contributed by atoms with E-state index in [0.29, 0.717) is 6.61 Å². The molecule has 1 heterocycles. The van der Waals surface area contributed by atoms with Crippen LogP contribution in [0.25, 0.3) is 0 Å². The largest absolute Gasteiger partial charge is 0.494 e. The maximum Gasteiger partial charge on any atom is 0.276 e. The zero-order chi connectivity index (χ0) is 20.5. The van der Waals surface area contributed by atoms with Gasteiger partial charge in [0.15, 0.2) is 0 Å². The molecule has 2 aromatic carbocycles. The third-order valence-electron chi connectivity index (χ3n) is 4.35. The molecule has 0 saturated carbocycles. The third kappa shape index (κ3) is 5.90. The first kappa shape index (κ1) is 20.1. The lowest BCUT2D eigenvalue weighted by atomic mass is 10.1. The van der Waals surface area contributed by atoms with Crippen LogP contribution in [0, 0.1) is 0 Å². The van der Waals surface area contributed by atoms with Gasteiger partial charge in [-0.15, -0.1) is 0 Å². The van der Waals surface area contributed by atoms with Gasteiger partial charge in [0.1, 0.15) is 11.3 Å². The van der Waals surface area contributed by atoms with Gasteiger partial charge in [0.05, 0.1) is 12.8 Å². The Morgan fingerprint density at radius 3 is 2.59 bits per heavy atom. The van der Waals surface area contributed by atoms with E-state index in [1.807, 2.05) is 42.5 Å². The second-order valence-electron chi connectivity index (χ2n) is 6.54. The highest BCUT2D eigenvalue weighted by molar-refractivity contribution is 5.94. The Bertz CT molecular complexity index is 1030. The number of benzene rings is 2. The van der Waals surface area contributed by atoms with Crippen molar-refractivity contribution < 1.29 is 9.53 Å². The molecule has 0 radical (unpaired) electrons. The molecule has 0 unspecified atom stereocenters. The molecule has 1 aromatic heterocycles. The maximum atomic E-state index is 12.1. The summed E-state index contributed by atoms with van der Waals surface area (Å²) >= 11 is 0. The number of aryl methyl sites for hydroxylation is 2. The Labute approximate surface area is 169 Å². The van der Waals surface area contributed by atoms with Crippen LogP contribution in [0.2, 0.25) is 0 Å². The molecule has 1 N–H and O–H groups in total. The molecule has 0 aliphatic rings. The summed E-state index contributed by atoms with van der Waals surface area (Å²) in [6, 6.07) is 20.8. The van der Waals surface area contributed by atoms with E-state index < -0.39 is 5.91 Å². The van der Waals surface area contributed by atoms with E-state index in [9.17, 15) is 9.59 Å². The second kappa shape index (κ2) is 10.0. The number of pyridine rings is 1. The highest BCUT2D eigenvalue weighted by Crippen LogP contribution is 2.12. The highest BCUT2D eigenvalue weighted by Gasteiger charge is 2.09. The third-order valence-corrected chi connectivity index (χ3v) is 4.35. The summed E-state index contributed by atoms with van der Waals surface area (Å²) in [5.41, 5.74) is 4.17. The smallest absolute Gasteiger partial charge is 0.276 e. The number of rotatable bonds is 8. The fraction of sp³-hybridized carbons (Fsp3) is 0.174. The Morgan fingerprint density at radius 2 is 1.83 bits per heavy atom. The van der Waals surface area contributed by atoms with Crippen LogP contribution in [0.5, 0.6) is 5.75 Å². The van der Waals surface area contributed by atoms with Crippen molar-refractivity contribution in [1.29, 1.82) is 0 Å². The normalized spacial score (nSPS) is 10.8. The Kier molecular flexibility index (Phi) is 6.95. The minimum atomic E-state index is -0.541. The van der Waals surface area contributed by atoms with Gasteiger partial charge in [0, 0.05) is 13.2 Å². The van der Waals surface area contributed by atoms with E-state index in [0.717, 1.165) is 24.2 Å². The fourth-order valence-corrected chi connectivity index (χ4v) is 2.76. The molecular weight excluding hydrogens is 366 g/mol. The first-order valence-electron chi connectivity index (χ1n) is 9.39. The van der Waals surface area contributed by atoms with E-state index in [2.05, 4.69) is 22.7 Å². The summed E-state index contributed by atoms with van der Waals surface area (Å²) in [7, 11) is 1.59. The van der Waals surface area contributed by atoms with E-state index >= 15 is 0 Å². The number of ether oxygens (including phenoxy) is 1. The van der Waals surface area contributed by atoms with Gasteiger partial charge >= 0.3 is 0 Å². The van der Waals surface area contributed by atoms with Gasteiger partial charge in [-0.05, 0) is 60.4 Å². The molecule has 0 aliphatic carbocycles. The van der Waals surface area contributed by atoms with Gasteiger partial charge in [0.25, 0.3) is 11.5 Å². The minimum absolute atomic E-state index is 0.0476. The average Bonchev–Trinajstić information content (AvgIpc) is 2.75. The monoisotopic (exact) mass is 389 g/mol. The predicted molar refractivity (Wildman–Crippen MR) is 113 cm³/mol. The van der Waals surface area contributed by atoms with Crippen LogP contribution in [0.15, 0.2) is 82.8 Å². The summed E-state index contributed by atoms with van der Waals surface area (Å²) < 4.78 is 7.10. The summed E-state index contributed by atoms with van der Waals surface area (Å²) in [4.78, 5) is 24.0. The van der Waals surface area contributed by atoms with Crippen LogP contribution >= 0.6 is 0 Å². The number of carbonyl (C=O) groups excluding carboxylic acids is 1. The van der Waals surface area contributed by atoms with Crippen molar-refractivity contribution in [2.75, 3.05) is 6.61 Å². The van der Waals surface area contributed by atoms with Crippen molar-refractivity contribution in [1.82, 2.24) is 9.99 Å². The van der Waals surface area contributed by atoms with Crippen LogP contribution in [-0.4, -0.2) is 23.3 Å². The first-order chi connectivity index (χ1) is 14.1. The van der Waals surface area contributed by atoms with Crippen molar-refractivity contribution in [3.63, 3.8) is 0 Å². The lowest BCUT2D eigenvalue weighted by Gasteiger charge is -2.06. The molecule has 0 saturated heterocycles. The first-order valence-corrected chi connectivity index (χ1v) is 9.39. The Hall–Kier alpha value is -3.67. The van der Waals surface area contributed by atoms with E-state index in [-0.39, 0.29) is 11.1 Å². The molecule has 0 aliphatic heterocycles. The summed E-state index contributed by atoms with van der Waals surface area (Å²) in [6.07, 6.45) is 5.03. The van der Waals surface area contributed by atoms with E-state index in [1.165, 1.54) is 22.4 Å². The number of hydrogen-bond acceptors (Lipinski definition) is 4. The summed E-state index contributed by atoms with van der Waals surface area (Å²) in [6.45, 7) is 0.643. The second-order valence-corrected chi connectivity index (χ2v) is 6.54. The van der Waals surface area contributed by atoms with Crippen molar-refractivity contribution in [3.05, 3.63) is 100.0 Å². The molecule has 0 fully saturated rings. The SMILES string of the molecule is Cn1cccc(C(=O)N/N=C\c2ccc(OCCCc3ccccc3)cc2)c1=O. The highest BCUT2D eigenvalue weighted by atomic mass is 16.5. The summed E-state index contributed by atoms with van der Waals surface area (Å²) in [5, 5.41) is 3.91. The van der Waals surface area contributed by atoms with E-state index in [1.54, 1.807) is 19.3 Å². The lowest BCUT2D eigenvalue weighted by Crippen LogP contribution is -2.29. The molecule has 0 bridgehead atoms. The molecular formula is C23H23N3O3. The molecule has 6 nitrogen and oxygen atoms in total. The molecule has 0 spiro atoms. The van der Waals surface area contributed by atoms with Crippen LogP contribution in [-0.2, 0) is 13.5 Å². The number of nitrogens with one attached hydrogen (secondary N) is 1. The zero-order valence-corrected chi connectivity index (χ0v) is 16.2. The number of carbonyl (C=O) groups is 1. The van der Waals surface area contributed by atoms with Gasteiger partial charge in [-0.1, -0.05) is 30.3 Å². The van der Waals surface area contributed by atoms with Crippen LogP contribution in [0.3, 0.4) is 0 Å². The van der Waals surface area contributed by atoms with E-state index in [4.69, 9.17) is 4.74 Å². The van der Waals surface area contributed by atoms with Gasteiger partial charge in [-0.25, -0.2) is 5.43 Å². The summed E-state index contributed by atoms with van der Waals surface area (Å²) in [5.74, 6) is 0.243. The number of hydrazone groups is 1. The minimum Gasteiger partial charge on any atom is -0.494 e. The van der Waals surface area contributed by atoms with Crippen molar-refractivity contribution in [2.24, 2.45) is 12.1 Å². The molecule has 148 valence electrons. The topological polar surface area (TPSA) is 72.7 Å². The maximum absolute atomic E-state index is 12.1. The number of hydrogen-bond donors (Lipinski definition) is 1. The molecule has 3 aromatic rings. The quantitative estimate of drug-likeness (QED) is 0.365. The molecule has 6 heteroatoms. The van der Waals surface area contributed by atoms with Gasteiger partial charge in [0.2, 0.25) is 0 Å². The van der Waals surface area contributed by atoms with Gasteiger partial charge in [-0.2, -0.15) is 5.10 Å². The predicted octanol–water partition coefficient (Wildman–Crippen LogP) is 3.16.